The molecule has 1 aliphatic carbocycles. The molecule has 2 aliphatic rings. The number of rotatable bonds is 6. The molecule has 1 heterocycles. The van der Waals surface area contributed by atoms with E-state index < -0.39 is 11.5 Å². The van der Waals surface area contributed by atoms with Crippen LogP contribution in [-0.2, 0) is 10.2 Å². The van der Waals surface area contributed by atoms with E-state index in [4.69, 9.17) is 23.2 Å². The van der Waals surface area contributed by atoms with Crippen LogP contribution in [0.25, 0.3) is 0 Å². The van der Waals surface area contributed by atoms with Crippen molar-refractivity contribution in [2.75, 3.05) is 12.4 Å². The molecule has 0 spiro atoms. The van der Waals surface area contributed by atoms with Crippen LogP contribution in [0.5, 0.6) is 0 Å². The predicted molar refractivity (Wildman–Crippen MR) is 130 cm³/mol. The molecule has 0 saturated carbocycles. The Kier molecular flexibility index (Phi) is 6.49. The van der Waals surface area contributed by atoms with Gasteiger partial charge in [0.1, 0.15) is 5.82 Å². The van der Waals surface area contributed by atoms with E-state index >= 15 is 0 Å². The normalized spacial score (nSPS) is 24.0. The number of carbonyl (C=O) groups is 1. The minimum Gasteiger partial charge on any atom is -0.325 e. The number of anilines is 1. The van der Waals surface area contributed by atoms with Crippen molar-refractivity contribution >= 4 is 34.8 Å². The topological polar surface area (TPSA) is 41.1 Å². The molecule has 0 radical (unpaired) electrons. The molecule has 0 saturated heterocycles. The monoisotopic (exact) mass is 472 g/mol. The summed E-state index contributed by atoms with van der Waals surface area (Å²) in [6.45, 7) is 4.04. The molecule has 2 N–H and O–H groups in total. The van der Waals surface area contributed by atoms with Crippen LogP contribution >= 0.6 is 23.2 Å². The zero-order valence-corrected chi connectivity index (χ0v) is 19.9. The molecular formula is C26H27Cl2FN2O. The average Bonchev–Trinajstić information content (AvgIpc) is 3.03. The summed E-state index contributed by atoms with van der Waals surface area (Å²) < 4.78 is 14.4. The minimum atomic E-state index is -0.981. The highest BCUT2D eigenvalue weighted by Gasteiger charge is 2.58. The first-order chi connectivity index (χ1) is 15.3. The highest BCUT2D eigenvalue weighted by Crippen LogP contribution is 2.55. The van der Waals surface area contributed by atoms with Crippen LogP contribution in [0.3, 0.4) is 0 Å². The minimum absolute atomic E-state index is 0.0505. The van der Waals surface area contributed by atoms with Gasteiger partial charge < -0.3 is 10.6 Å². The lowest BCUT2D eigenvalue weighted by atomic mass is 9.58. The lowest BCUT2D eigenvalue weighted by Crippen LogP contribution is -2.53. The molecule has 3 nitrogen and oxygen atoms in total. The van der Waals surface area contributed by atoms with Crippen LogP contribution in [-0.4, -0.2) is 13.0 Å². The molecule has 1 aliphatic heterocycles. The highest BCUT2D eigenvalue weighted by molar-refractivity contribution is 6.31. The van der Waals surface area contributed by atoms with Gasteiger partial charge in [-0.25, -0.2) is 4.39 Å². The molecule has 0 aromatic heterocycles. The lowest BCUT2D eigenvalue weighted by molar-refractivity contribution is -0.125. The summed E-state index contributed by atoms with van der Waals surface area (Å²) in [5, 5.41) is 7.79. The smallest absolute Gasteiger partial charge is 0.237 e. The van der Waals surface area contributed by atoms with E-state index in [1.165, 1.54) is 12.1 Å². The predicted octanol–water partition coefficient (Wildman–Crippen LogP) is 6.66. The van der Waals surface area contributed by atoms with E-state index in [-0.39, 0.29) is 23.6 Å². The third-order valence-corrected chi connectivity index (χ3v) is 7.47. The van der Waals surface area contributed by atoms with E-state index in [0.717, 1.165) is 28.1 Å². The Hall–Kier alpha value is -2.14. The van der Waals surface area contributed by atoms with E-state index in [9.17, 15) is 9.18 Å². The van der Waals surface area contributed by atoms with Crippen molar-refractivity contribution in [1.82, 2.24) is 5.32 Å². The second-order valence-electron chi connectivity index (χ2n) is 8.62. The molecular weight excluding hydrogens is 446 g/mol. The van der Waals surface area contributed by atoms with Crippen LogP contribution in [0, 0.1) is 24.6 Å². The number of fused-ring (bicyclic) bond motifs is 1. The Morgan fingerprint density at radius 1 is 1.25 bits per heavy atom. The Morgan fingerprint density at radius 3 is 2.72 bits per heavy atom. The molecule has 2 aromatic carbocycles. The number of aryl methyl sites for hydroxylation is 1. The van der Waals surface area contributed by atoms with E-state index in [2.05, 4.69) is 23.6 Å². The number of carbonyl (C=O) groups excluding carboxylic acids is 1. The summed E-state index contributed by atoms with van der Waals surface area (Å²) in [6, 6.07) is 9.83. The van der Waals surface area contributed by atoms with Crippen LogP contribution in [0.1, 0.15) is 42.5 Å². The number of hydrogen-bond donors (Lipinski definition) is 2. The maximum absolute atomic E-state index is 14.4. The Bertz CT molecular complexity index is 1110. The maximum Gasteiger partial charge on any atom is 0.237 e. The van der Waals surface area contributed by atoms with Crippen molar-refractivity contribution in [1.29, 1.82) is 0 Å². The van der Waals surface area contributed by atoms with Gasteiger partial charge in [-0.15, -0.1) is 0 Å². The summed E-state index contributed by atoms with van der Waals surface area (Å²) in [6.07, 6.45) is 7.39. The van der Waals surface area contributed by atoms with Crippen molar-refractivity contribution in [3.05, 3.63) is 87.2 Å². The molecule has 2 aromatic rings. The molecule has 6 heteroatoms. The Morgan fingerprint density at radius 2 is 2.03 bits per heavy atom. The summed E-state index contributed by atoms with van der Waals surface area (Å²) in [5.74, 6) is -0.477. The third kappa shape index (κ3) is 3.68. The van der Waals surface area contributed by atoms with Gasteiger partial charge in [0.15, 0.2) is 0 Å². The van der Waals surface area contributed by atoms with Gasteiger partial charge in [-0.1, -0.05) is 60.8 Å². The quantitative estimate of drug-likeness (QED) is 0.493. The molecule has 4 atom stereocenters. The molecule has 0 bridgehead atoms. The molecule has 32 heavy (non-hydrogen) atoms. The fourth-order valence-corrected chi connectivity index (χ4v) is 6.07. The molecule has 1 unspecified atom stereocenters. The van der Waals surface area contributed by atoms with Gasteiger partial charge in [-0.05, 0) is 79.3 Å². The molecule has 4 rings (SSSR count). The van der Waals surface area contributed by atoms with Crippen molar-refractivity contribution < 1.29 is 9.18 Å². The number of nitrogens with one attached hydrogen (secondary N) is 2. The van der Waals surface area contributed by atoms with Crippen molar-refractivity contribution in [2.45, 2.75) is 38.1 Å². The van der Waals surface area contributed by atoms with Crippen molar-refractivity contribution in [3.8, 4) is 0 Å². The van der Waals surface area contributed by atoms with E-state index in [0.29, 0.717) is 17.1 Å². The van der Waals surface area contributed by atoms with Gasteiger partial charge in [-0.3, -0.25) is 4.79 Å². The number of likely N-dealkylation sites (N-methyl/N-ethyl adjacent to an activating group) is 1. The zero-order chi connectivity index (χ0) is 23.0. The number of benzene rings is 2. The fraction of sp³-hybridized carbons (Fsp3) is 0.346. The van der Waals surface area contributed by atoms with Crippen molar-refractivity contribution in [2.24, 2.45) is 11.8 Å². The molecule has 1 amide bonds. The van der Waals surface area contributed by atoms with Crippen molar-refractivity contribution in [3.63, 3.8) is 0 Å². The number of halogens is 3. The van der Waals surface area contributed by atoms with Crippen LogP contribution in [0.2, 0.25) is 5.02 Å². The third-order valence-electron chi connectivity index (χ3n) is 6.96. The first kappa shape index (κ1) is 23.0. The van der Waals surface area contributed by atoms with Crippen LogP contribution in [0.15, 0.2) is 59.7 Å². The number of allylic oxidation sites excluding steroid dienone is 4. The summed E-state index contributed by atoms with van der Waals surface area (Å²) >= 11 is 12.7. The van der Waals surface area contributed by atoms with Gasteiger partial charge in [0, 0.05) is 15.7 Å². The summed E-state index contributed by atoms with van der Waals surface area (Å²) in [7, 11) is 1.83. The lowest BCUT2D eigenvalue weighted by Gasteiger charge is -2.45. The number of hydrogen-bond acceptors (Lipinski definition) is 2. The van der Waals surface area contributed by atoms with Gasteiger partial charge in [0.05, 0.1) is 11.5 Å². The Labute approximate surface area is 198 Å². The van der Waals surface area contributed by atoms with E-state index in [1.807, 2.05) is 38.3 Å². The first-order valence-corrected chi connectivity index (χ1v) is 11.7. The summed E-state index contributed by atoms with van der Waals surface area (Å²) in [5.41, 5.74) is 2.29. The standard InChI is InChI=1S/C26H27Cl2FN2O/c1-4-21(16-6-5-7-17(27)12-16)26(22-11-9-18(28)13-23(22)31-25(26)32)24(30-3)20-14-19(29)10-8-15(20)2/h5-11,13-14,16,21,24,30H,4,12H2,1-3H3,(H,31,32)/t16?,21-,24-,26+/m0/s1. The second-order valence-corrected chi connectivity index (χ2v) is 9.54. The van der Waals surface area contributed by atoms with Gasteiger partial charge in [0.25, 0.3) is 0 Å². The maximum atomic E-state index is 14.4. The SMILES string of the molecule is CC[C@@H](C1C=CC=C(Cl)C1)[C@@]1([C@@H](NC)c2cc(F)ccc2C)C(=O)Nc2cc(Cl)ccc21. The highest BCUT2D eigenvalue weighted by atomic mass is 35.5. The van der Waals surface area contributed by atoms with Gasteiger partial charge in [-0.2, -0.15) is 0 Å². The zero-order valence-electron chi connectivity index (χ0n) is 18.4. The molecule has 0 fully saturated rings. The summed E-state index contributed by atoms with van der Waals surface area (Å²) in [4.78, 5) is 14.0. The second kappa shape index (κ2) is 9.01. The van der Waals surface area contributed by atoms with Gasteiger partial charge >= 0.3 is 0 Å². The first-order valence-electron chi connectivity index (χ1n) is 10.9. The van der Waals surface area contributed by atoms with Crippen LogP contribution < -0.4 is 10.6 Å². The average molecular weight is 473 g/mol. The van der Waals surface area contributed by atoms with Gasteiger partial charge in [0.2, 0.25) is 5.91 Å². The van der Waals surface area contributed by atoms with Crippen LogP contribution in [0.4, 0.5) is 10.1 Å². The number of amides is 1. The fourth-order valence-electron chi connectivity index (χ4n) is 5.65. The Balaban J connectivity index is 1.99. The largest absolute Gasteiger partial charge is 0.325 e. The molecule has 168 valence electrons. The van der Waals surface area contributed by atoms with E-state index in [1.54, 1.807) is 12.1 Å².